The Balaban J connectivity index is 2.29. The largest absolute Gasteiger partial charge is 0.308 e. The Morgan fingerprint density at radius 1 is 1.35 bits per heavy atom. The van der Waals surface area contributed by atoms with Crippen LogP contribution in [-0.2, 0) is 5.54 Å². The number of nitrogens with zero attached hydrogens (tertiary/aromatic N) is 1. The number of thiazole rings is 1. The summed E-state index contributed by atoms with van der Waals surface area (Å²) in [5.41, 5.74) is 1.80. The van der Waals surface area contributed by atoms with Crippen molar-refractivity contribution in [2.45, 2.75) is 58.4 Å². The maximum absolute atomic E-state index is 4.86. The summed E-state index contributed by atoms with van der Waals surface area (Å²) in [6, 6.07) is 0. The first-order valence-corrected chi connectivity index (χ1v) is 7.41. The van der Waals surface area contributed by atoms with Crippen LogP contribution in [0.4, 0.5) is 0 Å². The van der Waals surface area contributed by atoms with Crippen molar-refractivity contribution < 1.29 is 0 Å². The predicted octanol–water partition coefficient (Wildman–Crippen LogP) is 3.89. The number of rotatable bonds is 3. The van der Waals surface area contributed by atoms with Crippen molar-refractivity contribution in [2.24, 2.45) is 5.41 Å². The van der Waals surface area contributed by atoms with E-state index in [2.05, 4.69) is 45.4 Å². The van der Waals surface area contributed by atoms with Gasteiger partial charge in [0.25, 0.3) is 0 Å². The van der Waals surface area contributed by atoms with Gasteiger partial charge in [0, 0.05) is 5.38 Å². The minimum atomic E-state index is 0.126. The molecule has 1 atom stereocenters. The zero-order valence-electron chi connectivity index (χ0n) is 11.6. The van der Waals surface area contributed by atoms with Gasteiger partial charge in [0.2, 0.25) is 0 Å². The molecule has 2 nitrogen and oxygen atoms in total. The Labute approximate surface area is 109 Å². The van der Waals surface area contributed by atoms with Gasteiger partial charge >= 0.3 is 0 Å². The molecule has 1 aliphatic rings. The zero-order chi connectivity index (χ0) is 12.7. The van der Waals surface area contributed by atoms with Gasteiger partial charge in [-0.3, -0.25) is 0 Å². The van der Waals surface area contributed by atoms with Crippen molar-refractivity contribution in [1.29, 1.82) is 0 Å². The lowest BCUT2D eigenvalue weighted by Crippen LogP contribution is -2.38. The fourth-order valence-electron chi connectivity index (χ4n) is 2.82. The van der Waals surface area contributed by atoms with Gasteiger partial charge in [-0.25, -0.2) is 4.98 Å². The molecule has 1 aliphatic carbocycles. The van der Waals surface area contributed by atoms with Crippen molar-refractivity contribution in [1.82, 2.24) is 10.3 Å². The molecule has 1 saturated carbocycles. The molecule has 0 aromatic carbocycles. The van der Waals surface area contributed by atoms with E-state index < -0.39 is 0 Å². The summed E-state index contributed by atoms with van der Waals surface area (Å²) >= 11 is 1.83. The van der Waals surface area contributed by atoms with Crippen LogP contribution in [0.3, 0.4) is 0 Å². The first-order valence-electron chi connectivity index (χ1n) is 6.53. The van der Waals surface area contributed by atoms with Crippen LogP contribution < -0.4 is 5.32 Å². The van der Waals surface area contributed by atoms with Crippen molar-refractivity contribution in [3.63, 3.8) is 0 Å². The van der Waals surface area contributed by atoms with Crippen LogP contribution in [0.15, 0.2) is 5.38 Å². The molecule has 0 radical (unpaired) electrons. The smallest absolute Gasteiger partial charge is 0.113 e. The van der Waals surface area contributed by atoms with Crippen LogP contribution in [0.25, 0.3) is 0 Å². The minimum absolute atomic E-state index is 0.126. The Kier molecular flexibility index (Phi) is 3.34. The first-order chi connectivity index (χ1) is 7.88. The molecular formula is C14H24N2S. The average molecular weight is 252 g/mol. The molecule has 1 aromatic rings. The Morgan fingerprint density at radius 2 is 2.06 bits per heavy atom. The van der Waals surface area contributed by atoms with Crippen molar-refractivity contribution in [3.05, 3.63) is 16.1 Å². The van der Waals surface area contributed by atoms with Crippen LogP contribution >= 0.6 is 11.3 Å². The standard InChI is InChI=1S/C14H24N2S/c1-10(2)11-8-17-12(16-11)14(15-5)7-6-13(3,4)9-14/h8,10,15H,6-7,9H2,1-5H3. The van der Waals surface area contributed by atoms with Crippen molar-refractivity contribution in [3.8, 4) is 0 Å². The maximum Gasteiger partial charge on any atom is 0.113 e. The second-order valence-corrected chi connectivity index (χ2v) is 7.26. The second-order valence-electron chi connectivity index (χ2n) is 6.41. The average Bonchev–Trinajstić information content (AvgIpc) is 2.83. The molecule has 0 aliphatic heterocycles. The SMILES string of the molecule is CNC1(c2nc(C(C)C)cs2)CCC(C)(C)C1. The molecule has 0 amide bonds. The summed E-state index contributed by atoms with van der Waals surface area (Å²) in [6.07, 6.45) is 3.69. The third kappa shape index (κ3) is 2.41. The van der Waals surface area contributed by atoms with Crippen molar-refractivity contribution >= 4 is 11.3 Å². The van der Waals surface area contributed by atoms with E-state index in [4.69, 9.17) is 4.98 Å². The highest BCUT2D eigenvalue weighted by molar-refractivity contribution is 7.09. The summed E-state index contributed by atoms with van der Waals surface area (Å²) in [4.78, 5) is 4.86. The van der Waals surface area contributed by atoms with Gasteiger partial charge in [-0.15, -0.1) is 11.3 Å². The summed E-state index contributed by atoms with van der Waals surface area (Å²) in [5.74, 6) is 0.531. The Hall–Kier alpha value is -0.410. The zero-order valence-corrected chi connectivity index (χ0v) is 12.4. The minimum Gasteiger partial charge on any atom is -0.308 e. The molecule has 3 heteroatoms. The highest BCUT2D eigenvalue weighted by Gasteiger charge is 2.45. The molecular weight excluding hydrogens is 228 g/mol. The van der Waals surface area contributed by atoms with Crippen LogP contribution in [0, 0.1) is 5.41 Å². The number of aromatic nitrogens is 1. The maximum atomic E-state index is 4.86. The van der Waals surface area contributed by atoms with E-state index in [1.54, 1.807) is 0 Å². The molecule has 96 valence electrons. The molecule has 0 bridgehead atoms. The van der Waals surface area contributed by atoms with Crippen LogP contribution in [-0.4, -0.2) is 12.0 Å². The number of hydrogen-bond donors (Lipinski definition) is 1. The fourth-order valence-corrected chi connectivity index (χ4v) is 4.04. The van der Waals surface area contributed by atoms with E-state index >= 15 is 0 Å². The van der Waals surface area contributed by atoms with E-state index in [-0.39, 0.29) is 5.54 Å². The second kappa shape index (κ2) is 4.36. The van der Waals surface area contributed by atoms with Crippen molar-refractivity contribution in [2.75, 3.05) is 7.05 Å². The van der Waals surface area contributed by atoms with E-state index in [1.807, 2.05) is 11.3 Å². The van der Waals surface area contributed by atoms with Gasteiger partial charge in [-0.2, -0.15) is 0 Å². The van der Waals surface area contributed by atoms with Gasteiger partial charge in [-0.05, 0) is 37.6 Å². The molecule has 1 aromatic heterocycles. The molecule has 17 heavy (non-hydrogen) atoms. The Bertz CT molecular complexity index is 395. The molecule has 0 saturated heterocycles. The van der Waals surface area contributed by atoms with Crippen LogP contribution in [0.5, 0.6) is 0 Å². The molecule has 1 fully saturated rings. The Morgan fingerprint density at radius 3 is 2.47 bits per heavy atom. The van der Waals surface area contributed by atoms with E-state index in [0.717, 1.165) is 0 Å². The van der Waals surface area contributed by atoms with Crippen LogP contribution in [0.1, 0.15) is 63.6 Å². The lowest BCUT2D eigenvalue weighted by molar-refractivity contribution is 0.303. The lowest BCUT2D eigenvalue weighted by atomic mass is 9.88. The normalized spacial score (nSPS) is 27.9. The molecule has 1 unspecified atom stereocenters. The highest BCUT2D eigenvalue weighted by atomic mass is 32.1. The predicted molar refractivity (Wildman–Crippen MR) is 74.6 cm³/mol. The highest BCUT2D eigenvalue weighted by Crippen LogP contribution is 2.49. The number of nitrogens with one attached hydrogen (secondary N) is 1. The van der Waals surface area contributed by atoms with Gasteiger partial charge in [-0.1, -0.05) is 27.7 Å². The summed E-state index contributed by atoms with van der Waals surface area (Å²) in [5, 5.41) is 7.06. The van der Waals surface area contributed by atoms with Gasteiger partial charge in [0.1, 0.15) is 5.01 Å². The third-order valence-electron chi connectivity index (χ3n) is 4.01. The van der Waals surface area contributed by atoms with E-state index in [9.17, 15) is 0 Å². The first kappa shape index (κ1) is 13.0. The summed E-state index contributed by atoms with van der Waals surface area (Å²) in [6.45, 7) is 9.15. The third-order valence-corrected chi connectivity index (χ3v) is 5.07. The molecule has 2 rings (SSSR count). The summed E-state index contributed by atoms with van der Waals surface area (Å²) < 4.78 is 0. The topological polar surface area (TPSA) is 24.9 Å². The fraction of sp³-hybridized carbons (Fsp3) is 0.786. The van der Waals surface area contributed by atoms with Gasteiger partial charge < -0.3 is 5.32 Å². The van der Waals surface area contributed by atoms with Gasteiger partial charge in [0.05, 0.1) is 11.2 Å². The molecule has 1 heterocycles. The molecule has 0 spiro atoms. The summed E-state index contributed by atoms with van der Waals surface area (Å²) in [7, 11) is 2.08. The van der Waals surface area contributed by atoms with E-state index in [0.29, 0.717) is 11.3 Å². The quantitative estimate of drug-likeness (QED) is 0.882. The molecule has 1 N–H and O–H groups in total. The van der Waals surface area contributed by atoms with Crippen LogP contribution in [0.2, 0.25) is 0 Å². The number of hydrogen-bond acceptors (Lipinski definition) is 3. The van der Waals surface area contributed by atoms with Gasteiger partial charge in [0.15, 0.2) is 0 Å². The lowest BCUT2D eigenvalue weighted by Gasteiger charge is -2.28. The monoisotopic (exact) mass is 252 g/mol. The van der Waals surface area contributed by atoms with E-state index in [1.165, 1.54) is 30.0 Å².